The number of aromatic nitrogens is 2. The molecule has 11 rings (SSSR count). The van der Waals surface area contributed by atoms with E-state index in [0.29, 0.717) is 5.82 Å². The molecule has 9 aromatic rings. The van der Waals surface area contributed by atoms with Crippen molar-refractivity contribution in [1.29, 1.82) is 0 Å². The maximum atomic E-state index is 6.87. The molecule has 2 aliphatic rings. The van der Waals surface area contributed by atoms with E-state index in [0.717, 1.165) is 72.6 Å². The van der Waals surface area contributed by atoms with Gasteiger partial charge in [-0.15, -0.1) is 0 Å². The molecule has 4 heteroatoms. The quantitative estimate of drug-likeness (QED) is 0.191. The summed E-state index contributed by atoms with van der Waals surface area (Å²) < 4.78 is 13.6. The van der Waals surface area contributed by atoms with Gasteiger partial charge in [-0.05, 0) is 58.7 Å². The third-order valence-electron chi connectivity index (χ3n) is 10.6. The van der Waals surface area contributed by atoms with Crippen LogP contribution in [0.2, 0.25) is 0 Å². The second-order valence-electron chi connectivity index (χ2n) is 13.3. The molecule has 0 atom stereocenters. The first-order valence-electron chi connectivity index (χ1n) is 17.2. The highest BCUT2D eigenvalue weighted by atomic mass is 16.5. The van der Waals surface area contributed by atoms with E-state index in [1.165, 1.54) is 22.3 Å². The SMILES string of the molecule is c1ccc(-c2cc(-c3ccc4oc5c6c(ccc5c4c3)C3(c4ccccc4O6)c4ccccc4-c4ccccc43)nc(-c3ccccc3)n2)cc1. The summed E-state index contributed by atoms with van der Waals surface area (Å²) in [6, 6.07) is 59.3. The molecule has 7 aromatic carbocycles. The Morgan fingerprint density at radius 3 is 1.76 bits per heavy atom. The lowest BCUT2D eigenvalue weighted by Crippen LogP contribution is -2.32. The average Bonchev–Trinajstić information content (AvgIpc) is 3.73. The third kappa shape index (κ3) is 3.96. The van der Waals surface area contributed by atoms with Gasteiger partial charge in [-0.3, -0.25) is 0 Å². The van der Waals surface area contributed by atoms with Crippen LogP contribution in [0.25, 0.3) is 67.0 Å². The number of para-hydroxylation sites is 1. The van der Waals surface area contributed by atoms with E-state index >= 15 is 0 Å². The minimum Gasteiger partial charge on any atom is -0.453 e. The summed E-state index contributed by atoms with van der Waals surface area (Å²) in [6.45, 7) is 0. The number of fused-ring (bicyclic) bond motifs is 13. The molecular weight excluding hydrogens is 625 g/mol. The summed E-state index contributed by atoms with van der Waals surface area (Å²) in [7, 11) is 0. The van der Waals surface area contributed by atoms with Gasteiger partial charge in [0.1, 0.15) is 11.3 Å². The molecule has 0 unspecified atom stereocenters. The van der Waals surface area contributed by atoms with Crippen LogP contribution in [0.4, 0.5) is 0 Å². The molecule has 0 N–H and O–H groups in total. The molecule has 0 saturated heterocycles. The maximum Gasteiger partial charge on any atom is 0.178 e. The van der Waals surface area contributed by atoms with Gasteiger partial charge in [0.05, 0.1) is 16.8 Å². The van der Waals surface area contributed by atoms with Crippen LogP contribution in [0.5, 0.6) is 11.5 Å². The molecule has 4 nitrogen and oxygen atoms in total. The predicted octanol–water partition coefficient (Wildman–Crippen LogP) is 11.8. The van der Waals surface area contributed by atoms with Gasteiger partial charge in [0.15, 0.2) is 17.2 Å². The van der Waals surface area contributed by atoms with Crippen molar-refractivity contribution in [1.82, 2.24) is 9.97 Å². The molecule has 0 radical (unpaired) electrons. The first-order chi connectivity index (χ1) is 25.3. The lowest BCUT2D eigenvalue weighted by atomic mass is 9.66. The van der Waals surface area contributed by atoms with Gasteiger partial charge in [-0.2, -0.15) is 0 Å². The topological polar surface area (TPSA) is 48.2 Å². The minimum absolute atomic E-state index is 0.543. The fraction of sp³-hybridized carbons (Fsp3) is 0.0213. The van der Waals surface area contributed by atoms with Gasteiger partial charge < -0.3 is 9.15 Å². The standard InChI is InChI=1S/C47H28N2O2/c1-3-13-29(14-4-1)40-28-41(49-46(48-40)30-15-5-2-6-16-30)31-23-26-42-35(27-31)34-24-25-39-45(44(34)50-42)51-43-22-12-11-21-38(43)47(39)36-19-9-7-17-32(36)33-18-8-10-20-37(33)47/h1-28H. The Morgan fingerprint density at radius 1 is 0.431 bits per heavy atom. The van der Waals surface area contributed by atoms with Crippen LogP contribution in [0.15, 0.2) is 174 Å². The zero-order valence-electron chi connectivity index (χ0n) is 27.4. The summed E-state index contributed by atoms with van der Waals surface area (Å²) >= 11 is 0. The summed E-state index contributed by atoms with van der Waals surface area (Å²) in [5.74, 6) is 2.29. The Morgan fingerprint density at radius 2 is 1.04 bits per heavy atom. The fourth-order valence-electron chi connectivity index (χ4n) is 8.38. The Kier molecular flexibility index (Phi) is 5.84. The number of furan rings is 1. The second kappa shape index (κ2) is 10.6. The van der Waals surface area contributed by atoms with Crippen LogP contribution >= 0.6 is 0 Å². The molecule has 0 bridgehead atoms. The maximum absolute atomic E-state index is 6.87. The number of benzene rings is 7. The molecule has 2 aromatic heterocycles. The molecule has 1 aliphatic heterocycles. The number of ether oxygens (including phenoxy) is 1. The molecule has 0 amide bonds. The van der Waals surface area contributed by atoms with Gasteiger partial charge >= 0.3 is 0 Å². The van der Waals surface area contributed by atoms with Crippen LogP contribution in [0.3, 0.4) is 0 Å². The molecule has 1 aliphatic carbocycles. The minimum atomic E-state index is -0.543. The second-order valence-corrected chi connectivity index (χ2v) is 13.3. The van der Waals surface area contributed by atoms with Gasteiger partial charge in [-0.1, -0.05) is 133 Å². The zero-order valence-corrected chi connectivity index (χ0v) is 27.4. The third-order valence-corrected chi connectivity index (χ3v) is 10.6. The van der Waals surface area contributed by atoms with Crippen LogP contribution in [0.1, 0.15) is 22.3 Å². The molecule has 51 heavy (non-hydrogen) atoms. The lowest BCUT2D eigenvalue weighted by Gasteiger charge is -2.39. The lowest BCUT2D eigenvalue weighted by molar-refractivity contribution is 0.432. The molecule has 1 spiro atoms. The molecule has 0 saturated carbocycles. The summed E-state index contributed by atoms with van der Waals surface area (Å²) in [6.07, 6.45) is 0. The Bertz CT molecular complexity index is 2730. The number of rotatable bonds is 3. The Balaban J connectivity index is 1.14. The van der Waals surface area contributed by atoms with Gasteiger partial charge in [-0.25, -0.2) is 9.97 Å². The van der Waals surface area contributed by atoms with Crippen LogP contribution in [-0.4, -0.2) is 9.97 Å². The highest BCUT2D eigenvalue weighted by molar-refractivity contribution is 6.09. The number of hydrogen-bond acceptors (Lipinski definition) is 4. The molecular formula is C47H28N2O2. The van der Waals surface area contributed by atoms with E-state index in [1.807, 2.05) is 42.5 Å². The fourth-order valence-corrected chi connectivity index (χ4v) is 8.38. The zero-order chi connectivity index (χ0) is 33.5. The van der Waals surface area contributed by atoms with Crippen molar-refractivity contribution in [3.8, 4) is 56.5 Å². The average molecular weight is 653 g/mol. The van der Waals surface area contributed by atoms with Gasteiger partial charge in [0.2, 0.25) is 0 Å². The van der Waals surface area contributed by atoms with E-state index in [9.17, 15) is 0 Å². The first kappa shape index (κ1) is 28.1. The summed E-state index contributed by atoms with van der Waals surface area (Å²) in [4.78, 5) is 10.1. The molecule has 3 heterocycles. The monoisotopic (exact) mass is 652 g/mol. The first-order valence-corrected chi connectivity index (χ1v) is 17.2. The van der Waals surface area contributed by atoms with Crippen LogP contribution in [0, 0.1) is 0 Å². The normalized spacial score (nSPS) is 13.4. The van der Waals surface area contributed by atoms with E-state index in [-0.39, 0.29) is 0 Å². The van der Waals surface area contributed by atoms with E-state index in [2.05, 4.69) is 127 Å². The van der Waals surface area contributed by atoms with Crippen molar-refractivity contribution in [2.45, 2.75) is 5.41 Å². The van der Waals surface area contributed by atoms with Crippen LogP contribution < -0.4 is 4.74 Å². The Hall–Kier alpha value is -6.78. The summed E-state index contributed by atoms with van der Waals surface area (Å²) in [5.41, 5.74) is 13.0. The van der Waals surface area contributed by atoms with Crippen molar-refractivity contribution in [3.63, 3.8) is 0 Å². The largest absolute Gasteiger partial charge is 0.453 e. The Labute approximate surface area is 294 Å². The molecule has 238 valence electrons. The van der Waals surface area contributed by atoms with E-state index in [4.69, 9.17) is 19.1 Å². The highest BCUT2D eigenvalue weighted by Gasteiger charge is 2.51. The van der Waals surface area contributed by atoms with Crippen molar-refractivity contribution in [3.05, 3.63) is 192 Å². The van der Waals surface area contributed by atoms with E-state index in [1.54, 1.807) is 0 Å². The van der Waals surface area contributed by atoms with Crippen molar-refractivity contribution in [2.24, 2.45) is 0 Å². The van der Waals surface area contributed by atoms with E-state index < -0.39 is 5.41 Å². The highest BCUT2D eigenvalue weighted by Crippen LogP contribution is 2.63. The molecule has 0 fully saturated rings. The van der Waals surface area contributed by atoms with Crippen molar-refractivity contribution >= 4 is 21.9 Å². The predicted molar refractivity (Wildman–Crippen MR) is 203 cm³/mol. The van der Waals surface area contributed by atoms with Crippen LogP contribution in [-0.2, 0) is 5.41 Å². The number of hydrogen-bond donors (Lipinski definition) is 0. The van der Waals surface area contributed by atoms with Crippen molar-refractivity contribution in [2.75, 3.05) is 0 Å². The summed E-state index contributed by atoms with van der Waals surface area (Å²) in [5, 5.41) is 2.01. The van der Waals surface area contributed by atoms with Crippen molar-refractivity contribution < 1.29 is 9.15 Å². The number of nitrogens with zero attached hydrogens (tertiary/aromatic N) is 2. The smallest absolute Gasteiger partial charge is 0.178 e. The van der Waals surface area contributed by atoms with Gasteiger partial charge in [0, 0.05) is 38.6 Å². The van der Waals surface area contributed by atoms with Gasteiger partial charge in [0.25, 0.3) is 0 Å².